The Labute approximate surface area is 95.7 Å². The molecule has 1 aliphatic heterocycles. The molecule has 0 spiro atoms. The summed E-state index contributed by atoms with van der Waals surface area (Å²) in [6.07, 6.45) is 1.72. The highest BCUT2D eigenvalue weighted by Gasteiger charge is 2.31. The Morgan fingerprint density at radius 2 is 2.00 bits per heavy atom. The lowest BCUT2D eigenvalue weighted by molar-refractivity contribution is -0.138. The second kappa shape index (κ2) is 4.16. The Morgan fingerprint density at radius 1 is 1.38 bits per heavy atom. The van der Waals surface area contributed by atoms with Gasteiger partial charge in [-0.2, -0.15) is 0 Å². The monoisotopic (exact) mass is 219 g/mol. The van der Waals surface area contributed by atoms with Crippen LogP contribution in [0.1, 0.15) is 24.0 Å². The first-order valence-corrected chi connectivity index (χ1v) is 5.67. The van der Waals surface area contributed by atoms with Crippen LogP contribution in [-0.4, -0.2) is 23.7 Å². The first-order valence-electron chi connectivity index (χ1n) is 5.67. The number of hydrogen-bond acceptors (Lipinski definition) is 2. The third kappa shape index (κ3) is 1.77. The fraction of sp³-hybridized carbons (Fsp3) is 0.462. The summed E-state index contributed by atoms with van der Waals surface area (Å²) in [4.78, 5) is 13.2. The van der Waals surface area contributed by atoms with Crippen LogP contribution in [0.15, 0.2) is 18.2 Å². The topological polar surface area (TPSA) is 40.5 Å². The minimum Gasteiger partial charge on any atom is -0.480 e. The molecule has 3 heteroatoms. The lowest BCUT2D eigenvalue weighted by Gasteiger charge is -2.27. The quantitative estimate of drug-likeness (QED) is 0.830. The van der Waals surface area contributed by atoms with E-state index in [4.69, 9.17) is 0 Å². The van der Waals surface area contributed by atoms with Crippen LogP contribution in [0.2, 0.25) is 0 Å². The number of anilines is 1. The van der Waals surface area contributed by atoms with Crippen molar-refractivity contribution in [2.24, 2.45) is 0 Å². The van der Waals surface area contributed by atoms with E-state index in [1.165, 1.54) is 0 Å². The zero-order chi connectivity index (χ0) is 11.7. The lowest BCUT2D eigenvalue weighted by atomic mass is 10.1. The summed E-state index contributed by atoms with van der Waals surface area (Å²) in [6.45, 7) is 4.93. The number of aliphatic carboxylic acids is 1. The molecule has 1 aromatic rings. The van der Waals surface area contributed by atoms with Crippen molar-refractivity contribution in [3.05, 3.63) is 29.3 Å². The Kier molecular flexibility index (Phi) is 2.86. The number of carboxylic acids is 1. The van der Waals surface area contributed by atoms with Gasteiger partial charge < -0.3 is 10.0 Å². The first kappa shape index (κ1) is 11.0. The molecule has 0 amide bonds. The number of aryl methyl sites for hydroxylation is 2. The van der Waals surface area contributed by atoms with Crippen molar-refractivity contribution in [2.75, 3.05) is 11.4 Å². The molecule has 0 aliphatic carbocycles. The normalized spacial score (nSPS) is 20.1. The molecule has 3 nitrogen and oxygen atoms in total. The van der Waals surface area contributed by atoms with Gasteiger partial charge in [-0.25, -0.2) is 4.79 Å². The van der Waals surface area contributed by atoms with Crippen LogP contribution < -0.4 is 4.90 Å². The molecule has 2 rings (SSSR count). The number of rotatable bonds is 2. The molecule has 1 fully saturated rings. The number of hydrogen-bond donors (Lipinski definition) is 1. The molecule has 1 saturated heterocycles. The molecule has 1 N–H and O–H groups in total. The summed E-state index contributed by atoms with van der Waals surface area (Å²) in [5.74, 6) is -0.708. The zero-order valence-electron chi connectivity index (χ0n) is 9.73. The van der Waals surface area contributed by atoms with Crippen LogP contribution in [0, 0.1) is 13.8 Å². The highest BCUT2D eigenvalue weighted by atomic mass is 16.4. The summed E-state index contributed by atoms with van der Waals surface area (Å²) >= 11 is 0. The van der Waals surface area contributed by atoms with E-state index >= 15 is 0 Å². The Hall–Kier alpha value is -1.51. The molecule has 16 heavy (non-hydrogen) atoms. The van der Waals surface area contributed by atoms with Crippen molar-refractivity contribution in [1.82, 2.24) is 0 Å². The average Bonchev–Trinajstić information content (AvgIpc) is 2.66. The standard InChI is InChI=1S/C13H17NO2/c1-9-5-3-6-10(2)12(9)14-8-4-7-11(14)13(15)16/h3,5-6,11H,4,7-8H2,1-2H3,(H,15,16). The van der Waals surface area contributed by atoms with Gasteiger partial charge >= 0.3 is 5.97 Å². The highest BCUT2D eigenvalue weighted by molar-refractivity contribution is 5.80. The van der Waals surface area contributed by atoms with Gasteiger partial charge in [0.2, 0.25) is 0 Å². The molecule has 1 aliphatic rings. The van der Waals surface area contributed by atoms with E-state index in [0.717, 1.165) is 36.2 Å². The maximum absolute atomic E-state index is 11.2. The zero-order valence-corrected chi connectivity index (χ0v) is 9.73. The van der Waals surface area contributed by atoms with Crippen LogP contribution in [0.3, 0.4) is 0 Å². The fourth-order valence-electron chi connectivity index (χ4n) is 2.55. The molecule has 0 bridgehead atoms. The van der Waals surface area contributed by atoms with Crippen LogP contribution in [0.4, 0.5) is 5.69 Å². The molecule has 0 radical (unpaired) electrons. The van der Waals surface area contributed by atoms with Crippen molar-refractivity contribution in [1.29, 1.82) is 0 Å². The van der Waals surface area contributed by atoms with Crippen molar-refractivity contribution in [2.45, 2.75) is 32.7 Å². The van der Waals surface area contributed by atoms with Crippen LogP contribution in [0.5, 0.6) is 0 Å². The van der Waals surface area contributed by atoms with Crippen LogP contribution in [-0.2, 0) is 4.79 Å². The second-order valence-corrected chi connectivity index (χ2v) is 4.43. The van der Waals surface area contributed by atoms with Gasteiger partial charge in [-0.05, 0) is 37.8 Å². The predicted molar refractivity (Wildman–Crippen MR) is 63.9 cm³/mol. The molecular formula is C13H17NO2. The summed E-state index contributed by atoms with van der Waals surface area (Å²) in [6, 6.07) is 5.75. The summed E-state index contributed by atoms with van der Waals surface area (Å²) in [7, 11) is 0. The molecule has 0 aromatic heterocycles. The van der Waals surface area contributed by atoms with E-state index in [9.17, 15) is 9.90 Å². The number of para-hydroxylation sites is 1. The lowest BCUT2D eigenvalue weighted by Crippen LogP contribution is -2.36. The first-order chi connectivity index (χ1) is 7.61. The van der Waals surface area contributed by atoms with Crippen LogP contribution >= 0.6 is 0 Å². The van der Waals surface area contributed by atoms with E-state index < -0.39 is 5.97 Å². The van der Waals surface area contributed by atoms with Crippen LogP contribution in [0.25, 0.3) is 0 Å². The fourth-order valence-corrected chi connectivity index (χ4v) is 2.55. The van der Waals surface area contributed by atoms with E-state index in [-0.39, 0.29) is 6.04 Å². The van der Waals surface area contributed by atoms with Gasteiger partial charge in [-0.3, -0.25) is 0 Å². The van der Waals surface area contributed by atoms with Gasteiger partial charge in [0, 0.05) is 12.2 Å². The van der Waals surface area contributed by atoms with E-state index in [2.05, 4.69) is 0 Å². The smallest absolute Gasteiger partial charge is 0.326 e. The Bertz CT molecular complexity index is 394. The summed E-state index contributed by atoms with van der Waals surface area (Å²) in [5.41, 5.74) is 3.42. The van der Waals surface area contributed by atoms with E-state index in [1.54, 1.807) is 0 Å². The third-order valence-electron chi connectivity index (χ3n) is 3.26. The third-order valence-corrected chi connectivity index (χ3v) is 3.26. The number of nitrogens with zero attached hydrogens (tertiary/aromatic N) is 1. The summed E-state index contributed by atoms with van der Waals surface area (Å²) < 4.78 is 0. The van der Waals surface area contributed by atoms with Crippen molar-refractivity contribution in [3.8, 4) is 0 Å². The molecule has 0 saturated carbocycles. The average molecular weight is 219 g/mol. The van der Waals surface area contributed by atoms with Gasteiger partial charge in [-0.1, -0.05) is 18.2 Å². The van der Waals surface area contributed by atoms with Gasteiger partial charge in [-0.15, -0.1) is 0 Å². The van der Waals surface area contributed by atoms with Gasteiger partial charge in [0.1, 0.15) is 6.04 Å². The van der Waals surface area contributed by atoms with Crippen molar-refractivity contribution in [3.63, 3.8) is 0 Å². The maximum atomic E-state index is 11.2. The number of carbonyl (C=O) groups is 1. The number of carboxylic acid groups (broad SMARTS) is 1. The van der Waals surface area contributed by atoms with E-state index in [1.807, 2.05) is 36.9 Å². The molecular weight excluding hydrogens is 202 g/mol. The van der Waals surface area contributed by atoms with Gasteiger partial charge in [0.25, 0.3) is 0 Å². The highest BCUT2D eigenvalue weighted by Crippen LogP contribution is 2.31. The van der Waals surface area contributed by atoms with E-state index in [0.29, 0.717) is 0 Å². The SMILES string of the molecule is Cc1cccc(C)c1N1CCCC1C(=O)O. The predicted octanol–water partition coefficient (Wildman–Crippen LogP) is 2.36. The molecule has 1 heterocycles. The minimum absolute atomic E-state index is 0.347. The number of benzene rings is 1. The van der Waals surface area contributed by atoms with Crippen molar-refractivity contribution >= 4 is 11.7 Å². The molecule has 1 aromatic carbocycles. The summed E-state index contributed by atoms with van der Waals surface area (Å²) in [5, 5.41) is 9.19. The van der Waals surface area contributed by atoms with Crippen molar-refractivity contribution < 1.29 is 9.90 Å². The Morgan fingerprint density at radius 3 is 2.56 bits per heavy atom. The Balaban J connectivity index is 2.40. The van der Waals surface area contributed by atoms with Gasteiger partial charge in [0.05, 0.1) is 0 Å². The largest absolute Gasteiger partial charge is 0.480 e. The maximum Gasteiger partial charge on any atom is 0.326 e. The van der Waals surface area contributed by atoms with Gasteiger partial charge in [0.15, 0.2) is 0 Å². The molecule has 86 valence electrons. The minimum atomic E-state index is -0.708. The molecule has 1 atom stereocenters. The second-order valence-electron chi connectivity index (χ2n) is 4.43. The molecule has 1 unspecified atom stereocenters.